The van der Waals surface area contributed by atoms with Gasteiger partial charge in [0.25, 0.3) is 11.8 Å². The number of ether oxygens (including phenoxy) is 1. The summed E-state index contributed by atoms with van der Waals surface area (Å²) in [5.74, 6) is -0.0444. The van der Waals surface area contributed by atoms with Crippen molar-refractivity contribution in [1.29, 1.82) is 0 Å². The third kappa shape index (κ3) is 3.46. The minimum Gasteiger partial charge on any atom is -0.497 e. The topological polar surface area (TPSA) is 58.6 Å². The number of nitrogens with one attached hydrogen (secondary N) is 1. The molecule has 150 valence electrons. The summed E-state index contributed by atoms with van der Waals surface area (Å²) < 4.78 is 5.23. The van der Waals surface area contributed by atoms with E-state index in [-0.39, 0.29) is 17.5 Å². The highest BCUT2D eigenvalue weighted by molar-refractivity contribution is 6.46. The van der Waals surface area contributed by atoms with Crippen LogP contribution in [0.4, 0.5) is 11.4 Å². The van der Waals surface area contributed by atoms with Gasteiger partial charge in [-0.05, 0) is 55.3 Å². The summed E-state index contributed by atoms with van der Waals surface area (Å²) in [5.41, 5.74) is 4.52. The van der Waals surface area contributed by atoms with Crippen molar-refractivity contribution in [2.24, 2.45) is 0 Å². The van der Waals surface area contributed by atoms with Gasteiger partial charge in [0.1, 0.15) is 11.4 Å². The number of hydrogen-bond acceptors (Lipinski definition) is 4. The van der Waals surface area contributed by atoms with E-state index in [2.05, 4.69) is 5.32 Å². The van der Waals surface area contributed by atoms with Crippen LogP contribution in [0.1, 0.15) is 16.7 Å². The number of anilines is 2. The van der Waals surface area contributed by atoms with Gasteiger partial charge >= 0.3 is 0 Å². The van der Waals surface area contributed by atoms with Gasteiger partial charge in [-0.1, -0.05) is 48.0 Å². The molecule has 0 bridgehead atoms. The van der Waals surface area contributed by atoms with Crippen LogP contribution in [0.15, 0.2) is 78.5 Å². The molecule has 3 aromatic carbocycles. The van der Waals surface area contributed by atoms with Crippen molar-refractivity contribution in [1.82, 2.24) is 0 Å². The fourth-order valence-electron chi connectivity index (χ4n) is 3.61. The number of amides is 2. The lowest BCUT2D eigenvalue weighted by Gasteiger charge is -2.18. The molecule has 0 aromatic heterocycles. The molecule has 0 saturated carbocycles. The predicted octanol–water partition coefficient (Wildman–Crippen LogP) is 4.71. The SMILES string of the molecule is COc1ccc(C2=C(Nc3ccccc3)C(=O)N(c3ccc(C)cc3C)C2=O)cc1. The fraction of sp³-hybridized carbons (Fsp3) is 0.120. The number of carbonyl (C=O) groups is 2. The second kappa shape index (κ2) is 7.87. The molecule has 0 unspecified atom stereocenters. The number of aryl methyl sites for hydroxylation is 2. The summed E-state index contributed by atoms with van der Waals surface area (Å²) in [6.45, 7) is 3.88. The summed E-state index contributed by atoms with van der Waals surface area (Å²) in [6.07, 6.45) is 0. The molecule has 3 aromatic rings. The number of para-hydroxylation sites is 1. The van der Waals surface area contributed by atoms with E-state index in [4.69, 9.17) is 4.74 Å². The smallest absolute Gasteiger partial charge is 0.282 e. The van der Waals surface area contributed by atoms with Crippen LogP contribution in [-0.2, 0) is 9.59 Å². The Morgan fingerprint density at radius 3 is 2.17 bits per heavy atom. The zero-order valence-corrected chi connectivity index (χ0v) is 17.1. The minimum absolute atomic E-state index is 0.261. The lowest BCUT2D eigenvalue weighted by Crippen LogP contribution is -2.33. The standard InChI is InChI=1S/C25H22N2O3/c1-16-9-14-21(17(2)15-16)27-24(28)22(18-10-12-20(30-3)13-11-18)23(25(27)29)26-19-7-5-4-6-8-19/h4-15,26H,1-3H3. The van der Waals surface area contributed by atoms with Crippen molar-refractivity contribution in [3.63, 3.8) is 0 Å². The predicted molar refractivity (Wildman–Crippen MR) is 118 cm³/mol. The highest BCUT2D eigenvalue weighted by Gasteiger charge is 2.40. The molecule has 1 heterocycles. The van der Waals surface area contributed by atoms with E-state index >= 15 is 0 Å². The van der Waals surface area contributed by atoms with E-state index in [0.717, 1.165) is 16.8 Å². The first-order valence-electron chi connectivity index (χ1n) is 9.66. The molecule has 4 rings (SSSR count). The lowest BCUT2D eigenvalue weighted by atomic mass is 10.0. The van der Waals surface area contributed by atoms with Crippen LogP contribution < -0.4 is 15.0 Å². The molecule has 1 aliphatic heterocycles. The van der Waals surface area contributed by atoms with E-state index in [0.29, 0.717) is 22.6 Å². The molecule has 5 nitrogen and oxygen atoms in total. The van der Waals surface area contributed by atoms with Crippen molar-refractivity contribution in [2.75, 3.05) is 17.3 Å². The lowest BCUT2D eigenvalue weighted by molar-refractivity contribution is -0.120. The zero-order valence-electron chi connectivity index (χ0n) is 17.1. The Hall–Kier alpha value is -3.86. The van der Waals surface area contributed by atoms with Crippen LogP contribution in [0.3, 0.4) is 0 Å². The van der Waals surface area contributed by atoms with E-state index in [1.165, 1.54) is 4.90 Å². The third-order valence-corrected chi connectivity index (χ3v) is 5.10. The average Bonchev–Trinajstić information content (AvgIpc) is 2.99. The molecule has 0 spiro atoms. The van der Waals surface area contributed by atoms with E-state index in [9.17, 15) is 9.59 Å². The van der Waals surface area contributed by atoms with Gasteiger partial charge in [0.2, 0.25) is 0 Å². The number of methoxy groups -OCH3 is 1. The quantitative estimate of drug-likeness (QED) is 0.633. The molecule has 0 radical (unpaired) electrons. The number of rotatable bonds is 5. The first-order valence-corrected chi connectivity index (χ1v) is 9.66. The summed E-state index contributed by atoms with van der Waals surface area (Å²) in [7, 11) is 1.59. The van der Waals surface area contributed by atoms with E-state index in [1.54, 1.807) is 31.4 Å². The molecule has 5 heteroatoms. The Labute approximate surface area is 175 Å². The largest absolute Gasteiger partial charge is 0.497 e. The van der Waals surface area contributed by atoms with Gasteiger partial charge in [0.15, 0.2) is 0 Å². The molecule has 1 N–H and O–H groups in total. The molecule has 0 fully saturated rings. The minimum atomic E-state index is -0.373. The Kier molecular flexibility index (Phi) is 5.11. The van der Waals surface area contributed by atoms with Gasteiger partial charge in [-0.15, -0.1) is 0 Å². The molecule has 0 aliphatic carbocycles. The van der Waals surface area contributed by atoms with Crippen molar-refractivity contribution in [3.05, 3.63) is 95.2 Å². The van der Waals surface area contributed by atoms with Crippen LogP contribution in [0.25, 0.3) is 5.57 Å². The maximum atomic E-state index is 13.5. The molecule has 1 aliphatic rings. The Bertz CT molecular complexity index is 1150. The number of hydrogen-bond donors (Lipinski definition) is 1. The van der Waals surface area contributed by atoms with Crippen LogP contribution in [-0.4, -0.2) is 18.9 Å². The molecule has 30 heavy (non-hydrogen) atoms. The van der Waals surface area contributed by atoms with Crippen LogP contribution in [0, 0.1) is 13.8 Å². The van der Waals surface area contributed by atoms with E-state index in [1.807, 2.05) is 62.4 Å². The summed E-state index contributed by atoms with van der Waals surface area (Å²) in [5, 5.41) is 3.17. The summed E-state index contributed by atoms with van der Waals surface area (Å²) in [4.78, 5) is 28.2. The Morgan fingerprint density at radius 2 is 1.53 bits per heavy atom. The Morgan fingerprint density at radius 1 is 0.833 bits per heavy atom. The molecular formula is C25H22N2O3. The number of carbonyl (C=O) groups excluding carboxylic acids is 2. The second-order valence-electron chi connectivity index (χ2n) is 7.21. The van der Waals surface area contributed by atoms with Crippen molar-refractivity contribution >= 4 is 28.8 Å². The highest BCUT2D eigenvalue weighted by atomic mass is 16.5. The number of nitrogens with zero attached hydrogens (tertiary/aromatic N) is 1. The van der Waals surface area contributed by atoms with Crippen molar-refractivity contribution in [3.8, 4) is 5.75 Å². The normalized spacial score (nSPS) is 13.8. The highest BCUT2D eigenvalue weighted by Crippen LogP contribution is 2.35. The monoisotopic (exact) mass is 398 g/mol. The molecule has 2 amide bonds. The van der Waals surface area contributed by atoms with Crippen molar-refractivity contribution in [2.45, 2.75) is 13.8 Å². The number of imide groups is 1. The number of benzene rings is 3. The van der Waals surface area contributed by atoms with Crippen LogP contribution in [0.5, 0.6) is 5.75 Å². The fourth-order valence-corrected chi connectivity index (χ4v) is 3.61. The maximum Gasteiger partial charge on any atom is 0.282 e. The third-order valence-electron chi connectivity index (χ3n) is 5.10. The van der Waals surface area contributed by atoms with Crippen molar-refractivity contribution < 1.29 is 14.3 Å². The van der Waals surface area contributed by atoms with Gasteiger partial charge in [0, 0.05) is 5.69 Å². The van der Waals surface area contributed by atoms with Crippen LogP contribution >= 0.6 is 0 Å². The van der Waals surface area contributed by atoms with E-state index < -0.39 is 0 Å². The van der Waals surface area contributed by atoms with Gasteiger partial charge in [-0.2, -0.15) is 0 Å². The summed E-state index contributed by atoms with van der Waals surface area (Å²) >= 11 is 0. The average molecular weight is 398 g/mol. The van der Waals surface area contributed by atoms with Gasteiger partial charge in [-0.3, -0.25) is 9.59 Å². The first kappa shape index (κ1) is 19.5. The molecule has 0 atom stereocenters. The zero-order chi connectivity index (χ0) is 21.3. The van der Waals surface area contributed by atoms with Gasteiger partial charge < -0.3 is 10.1 Å². The van der Waals surface area contributed by atoms with Gasteiger partial charge in [-0.25, -0.2) is 4.90 Å². The second-order valence-corrected chi connectivity index (χ2v) is 7.21. The Balaban J connectivity index is 1.83. The van der Waals surface area contributed by atoms with Crippen LogP contribution in [0.2, 0.25) is 0 Å². The first-order chi connectivity index (χ1) is 14.5. The summed E-state index contributed by atoms with van der Waals surface area (Å²) in [6, 6.07) is 22.2. The molecule has 0 saturated heterocycles. The molecular weight excluding hydrogens is 376 g/mol. The van der Waals surface area contributed by atoms with Gasteiger partial charge in [0.05, 0.1) is 18.4 Å². The maximum absolute atomic E-state index is 13.5.